The number of rotatable bonds is 3. The molecular formula is C11H9FN4O2. The van der Waals surface area contributed by atoms with E-state index in [0.29, 0.717) is 5.69 Å². The zero-order chi connectivity index (χ0) is 13.0. The second kappa shape index (κ2) is 5.17. The molecule has 0 aliphatic carbocycles. The van der Waals surface area contributed by atoms with Crippen LogP contribution in [0.4, 0.5) is 10.1 Å². The molecule has 0 fully saturated rings. The van der Waals surface area contributed by atoms with Gasteiger partial charge in [0.25, 0.3) is 5.91 Å². The van der Waals surface area contributed by atoms with E-state index in [4.69, 9.17) is 4.74 Å². The lowest BCUT2D eigenvalue weighted by molar-refractivity contribution is 0.102. The Bertz CT molecular complexity index is 559. The van der Waals surface area contributed by atoms with E-state index in [2.05, 4.69) is 20.3 Å². The zero-order valence-electron chi connectivity index (χ0n) is 9.42. The van der Waals surface area contributed by atoms with Crippen LogP contribution >= 0.6 is 0 Å². The number of aromatic nitrogens is 3. The molecule has 18 heavy (non-hydrogen) atoms. The normalized spacial score (nSPS) is 9.89. The predicted octanol–water partition coefficient (Wildman–Crippen LogP) is 1.27. The number of hydrogen-bond acceptors (Lipinski definition) is 5. The number of halogens is 1. The van der Waals surface area contributed by atoms with Gasteiger partial charge in [-0.2, -0.15) is 0 Å². The molecule has 0 saturated heterocycles. The third-order valence-corrected chi connectivity index (χ3v) is 2.09. The highest BCUT2D eigenvalue weighted by atomic mass is 19.1. The maximum atomic E-state index is 13.3. The van der Waals surface area contributed by atoms with Gasteiger partial charge in [-0.15, -0.1) is 0 Å². The van der Waals surface area contributed by atoms with Crippen molar-refractivity contribution in [1.82, 2.24) is 15.0 Å². The average molecular weight is 248 g/mol. The van der Waals surface area contributed by atoms with Gasteiger partial charge < -0.3 is 10.1 Å². The van der Waals surface area contributed by atoms with E-state index in [1.807, 2.05) is 0 Å². The predicted molar refractivity (Wildman–Crippen MR) is 60.7 cm³/mol. The summed E-state index contributed by atoms with van der Waals surface area (Å²) in [4.78, 5) is 22.9. The average Bonchev–Trinajstić information content (AvgIpc) is 2.40. The molecule has 7 heteroatoms. The van der Waals surface area contributed by atoms with Crippen LogP contribution in [0.25, 0.3) is 0 Å². The van der Waals surface area contributed by atoms with Crippen LogP contribution < -0.4 is 10.1 Å². The minimum atomic E-state index is -0.690. The van der Waals surface area contributed by atoms with Crippen LogP contribution in [0.2, 0.25) is 0 Å². The van der Waals surface area contributed by atoms with Gasteiger partial charge in [-0.1, -0.05) is 0 Å². The number of carbonyl (C=O) groups is 1. The van der Waals surface area contributed by atoms with E-state index in [1.54, 1.807) is 0 Å². The summed E-state index contributed by atoms with van der Waals surface area (Å²) < 4.78 is 18.1. The molecule has 0 aliphatic heterocycles. The fourth-order valence-electron chi connectivity index (χ4n) is 1.24. The molecule has 2 rings (SSSR count). The maximum Gasteiger partial charge on any atom is 0.316 e. The van der Waals surface area contributed by atoms with Crippen molar-refractivity contribution in [3.05, 3.63) is 42.2 Å². The number of carbonyl (C=O) groups excluding carboxylic acids is 1. The molecule has 0 aromatic carbocycles. The Hall–Kier alpha value is -2.57. The monoisotopic (exact) mass is 248 g/mol. The van der Waals surface area contributed by atoms with Crippen molar-refractivity contribution in [3.8, 4) is 6.01 Å². The lowest BCUT2D eigenvalue weighted by Crippen LogP contribution is -2.14. The topological polar surface area (TPSA) is 77.0 Å². The summed E-state index contributed by atoms with van der Waals surface area (Å²) in [7, 11) is 1.43. The number of ether oxygens (including phenoxy) is 1. The molecule has 0 aliphatic rings. The highest BCUT2D eigenvalue weighted by Gasteiger charge is 2.11. The fourth-order valence-corrected chi connectivity index (χ4v) is 1.24. The van der Waals surface area contributed by atoms with Crippen LogP contribution in [0, 0.1) is 5.82 Å². The van der Waals surface area contributed by atoms with Crippen molar-refractivity contribution < 1.29 is 13.9 Å². The van der Waals surface area contributed by atoms with E-state index in [1.165, 1.54) is 31.8 Å². The minimum Gasteiger partial charge on any atom is -0.467 e. The Morgan fingerprint density at radius 2 is 2.06 bits per heavy atom. The molecule has 0 bridgehead atoms. The van der Waals surface area contributed by atoms with Gasteiger partial charge in [0.1, 0.15) is 0 Å². The zero-order valence-corrected chi connectivity index (χ0v) is 9.42. The quantitative estimate of drug-likeness (QED) is 0.885. The molecule has 0 spiro atoms. The second-order valence-electron chi connectivity index (χ2n) is 3.27. The van der Waals surface area contributed by atoms with E-state index in [0.717, 1.165) is 6.20 Å². The van der Waals surface area contributed by atoms with Gasteiger partial charge in [0.05, 0.1) is 37.0 Å². The number of nitrogens with zero attached hydrogens (tertiary/aromatic N) is 3. The van der Waals surface area contributed by atoms with Crippen molar-refractivity contribution in [2.24, 2.45) is 0 Å². The molecule has 1 N–H and O–H groups in total. The van der Waals surface area contributed by atoms with Gasteiger partial charge in [0, 0.05) is 6.20 Å². The molecule has 2 heterocycles. The van der Waals surface area contributed by atoms with Gasteiger partial charge in [0.15, 0.2) is 5.82 Å². The molecule has 0 radical (unpaired) electrons. The summed E-state index contributed by atoms with van der Waals surface area (Å²) in [6.45, 7) is 0. The third-order valence-electron chi connectivity index (χ3n) is 2.09. The SMILES string of the molecule is COc1ncc(NC(=O)c2ccncc2F)cn1. The summed E-state index contributed by atoms with van der Waals surface area (Å²) in [6.07, 6.45) is 5.04. The van der Waals surface area contributed by atoms with Crippen LogP contribution in [0.5, 0.6) is 6.01 Å². The Morgan fingerprint density at radius 3 is 2.67 bits per heavy atom. The first kappa shape index (κ1) is 11.9. The third kappa shape index (κ3) is 2.57. The van der Waals surface area contributed by atoms with Crippen molar-refractivity contribution in [3.63, 3.8) is 0 Å². The molecular weight excluding hydrogens is 239 g/mol. The highest BCUT2D eigenvalue weighted by molar-refractivity contribution is 6.04. The van der Waals surface area contributed by atoms with E-state index in [9.17, 15) is 9.18 Å². The van der Waals surface area contributed by atoms with Crippen LogP contribution in [-0.4, -0.2) is 28.0 Å². The Labute approximate surface area is 102 Å². The molecule has 0 unspecified atom stereocenters. The minimum absolute atomic E-state index is 0.0965. The second-order valence-corrected chi connectivity index (χ2v) is 3.27. The first-order chi connectivity index (χ1) is 8.70. The number of nitrogens with one attached hydrogen (secondary N) is 1. The molecule has 6 nitrogen and oxygen atoms in total. The smallest absolute Gasteiger partial charge is 0.316 e. The number of methoxy groups -OCH3 is 1. The number of hydrogen-bond donors (Lipinski definition) is 1. The molecule has 2 aromatic rings. The molecule has 2 aromatic heterocycles. The number of anilines is 1. The lowest BCUT2D eigenvalue weighted by atomic mass is 10.2. The van der Waals surface area contributed by atoms with Gasteiger partial charge in [-0.3, -0.25) is 9.78 Å². The van der Waals surface area contributed by atoms with E-state index >= 15 is 0 Å². The van der Waals surface area contributed by atoms with Crippen LogP contribution in [0.15, 0.2) is 30.9 Å². The Morgan fingerprint density at radius 1 is 1.33 bits per heavy atom. The fraction of sp³-hybridized carbons (Fsp3) is 0.0909. The van der Waals surface area contributed by atoms with Crippen molar-refractivity contribution >= 4 is 11.6 Å². The van der Waals surface area contributed by atoms with Gasteiger partial charge in [0.2, 0.25) is 0 Å². The molecule has 0 atom stereocenters. The first-order valence-corrected chi connectivity index (χ1v) is 4.97. The van der Waals surface area contributed by atoms with Crippen molar-refractivity contribution in [2.45, 2.75) is 0 Å². The summed E-state index contributed by atoms with van der Waals surface area (Å²) in [6, 6.07) is 1.47. The number of pyridine rings is 1. The Kier molecular flexibility index (Phi) is 3.42. The summed E-state index contributed by atoms with van der Waals surface area (Å²) in [5.74, 6) is -1.28. The van der Waals surface area contributed by atoms with E-state index in [-0.39, 0.29) is 11.6 Å². The van der Waals surface area contributed by atoms with Crippen molar-refractivity contribution in [2.75, 3.05) is 12.4 Å². The summed E-state index contributed by atoms with van der Waals surface area (Å²) >= 11 is 0. The first-order valence-electron chi connectivity index (χ1n) is 4.97. The van der Waals surface area contributed by atoms with Gasteiger partial charge in [-0.05, 0) is 6.07 Å². The van der Waals surface area contributed by atoms with Gasteiger partial charge >= 0.3 is 6.01 Å². The van der Waals surface area contributed by atoms with E-state index < -0.39 is 11.7 Å². The van der Waals surface area contributed by atoms with Crippen molar-refractivity contribution in [1.29, 1.82) is 0 Å². The number of amides is 1. The largest absolute Gasteiger partial charge is 0.467 e. The van der Waals surface area contributed by atoms with Crippen LogP contribution in [0.1, 0.15) is 10.4 Å². The molecule has 1 amide bonds. The Balaban J connectivity index is 2.14. The van der Waals surface area contributed by atoms with Crippen LogP contribution in [0.3, 0.4) is 0 Å². The maximum absolute atomic E-state index is 13.3. The summed E-state index contributed by atoms with van der Waals surface area (Å²) in [5.41, 5.74) is 0.248. The highest BCUT2D eigenvalue weighted by Crippen LogP contribution is 2.10. The molecule has 0 saturated carbocycles. The molecule has 92 valence electrons. The van der Waals surface area contributed by atoms with Crippen LogP contribution in [-0.2, 0) is 0 Å². The lowest BCUT2D eigenvalue weighted by Gasteiger charge is -2.05. The van der Waals surface area contributed by atoms with Gasteiger partial charge in [-0.25, -0.2) is 14.4 Å². The summed E-state index contributed by atoms with van der Waals surface area (Å²) in [5, 5.41) is 2.46. The standard InChI is InChI=1S/C11H9FN4O2/c1-18-11-14-4-7(5-15-11)16-10(17)8-2-3-13-6-9(8)12/h2-6H,1H3,(H,16,17).